The SMILES string of the molecule is CCOCC.O.O.O.O.O. The zero-order chi connectivity index (χ0) is 4.12. The number of hydrogen-bond donors (Lipinski definition) is 0. The Morgan fingerprint density at radius 1 is 0.700 bits per heavy atom. The second-order valence-electron chi connectivity index (χ2n) is 0.781. The van der Waals surface area contributed by atoms with E-state index in [1.54, 1.807) is 0 Å². The Bertz CT molecular complexity index is 17.2. The first kappa shape index (κ1) is 53.0. The molecule has 0 aromatic rings. The van der Waals surface area contributed by atoms with E-state index in [-0.39, 0.29) is 27.4 Å². The summed E-state index contributed by atoms with van der Waals surface area (Å²) in [6.07, 6.45) is 0. The fourth-order valence-corrected chi connectivity index (χ4v) is 0.204. The van der Waals surface area contributed by atoms with Crippen LogP contribution in [0, 0.1) is 0 Å². The third kappa shape index (κ3) is 114. The second-order valence-corrected chi connectivity index (χ2v) is 0.781. The van der Waals surface area contributed by atoms with Crippen molar-refractivity contribution in [1.82, 2.24) is 0 Å². The van der Waals surface area contributed by atoms with Crippen LogP contribution >= 0.6 is 0 Å². The van der Waals surface area contributed by atoms with E-state index in [9.17, 15) is 0 Å². The largest absolute Gasteiger partial charge is 0.412 e. The van der Waals surface area contributed by atoms with Gasteiger partial charge in [0.2, 0.25) is 0 Å². The molecule has 0 amide bonds. The molecule has 0 aromatic heterocycles. The zero-order valence-corrected chi connectivity index (χ0v) is 6.32. The summed E-state index contributed by atoms with van der Waals surface area (Å²) in [6.45, 7) is 5.67. The summed E-state index contributed by atoms with van der Waals surface area (Å²) < 4.78 is 4.83. The highest BCUT2D eigenvalue weighted by Crippen LogP contribution is 1.64. The van der Waals surface area contributed by atoms with Crippen LogP contribution in [0.5, 0.6) is 0 Å². The summed E-state index contributed by atoms with van der Waals surface area (Å²) in [5, 5.41) is 0. The molecule has 0 aliphatic heterocycles. The van der Waals surface area contributed by atoms with E-state index >= 15 is 0 Å². The van der Waals surface area contributed by atoms with E-state index in [0.717, 1.165) is 13.2 Å². The van der Waals surface area contributed by atoms with Gasteiger partial charge in [-0.1, -0.05) is 0 Å². The molecule has 0 aromatic carbocycles. The molecule has 0 bridgehead atoms. The Morgan fingerprint density at radius 3 is 0.900 bits per heavy atom. The van der Waals surface area contributed by atoms with Crippen LogP contribution in [0.3, 0.4) is 0 Å². The van der Waals surface area contributed by atoms with Gasteiger partial charge in [0.15, 0.2) is 0 Å². The van der Waals surface area contributed by atoms with Crippen molar-refractivity contribution in [2.75, 3.05) is 13.2 Å². The maximum absolute atomic E-state index is 4.83. The second kappa shape index (κ2) is 69.2. The van der Waals surface area contributed by atoms with Crippen LogP contribution < -0.4 is 0 Å². The van der Waals surface area contributed by atoms with Crippen LogP contribution in [0.1, 0.15) is 13.8 Å². The van der Waals surface area contributed by atoms with Crippen LogP contribution in [-0.4, -0.2) is 40.6 Å². The Labute approximate surface area is 60.4 Å². The van der Waals surface area contributed by atoms with Crippen molar-refractivity contribution >= 4 is 0 Å². The molecular weight excluding hydrogens is 144 g/mol. The quantitative estimate of drug-likeness (QED) is 0.415. The predicted molar refractivity (Wildman–Crippen MR) is 40.2 cm³/mol. The molecule has 0 spiro atoms. The minimum atomic E-state index is 0. The summed E-state index contributed by atoms with van der Waals surface area (Å²) >= 11 is 0. The van der Waals surface area contributed by atoms with Crippen molar-refractivity contribution < 1.29 is 32.1 Å². The average Bonchev–Trinajstić information content (AvgIpc) is 1.41. The fourth-order valence-electron chi connectivity index (χ4n) is 0.204. The molecule has 72 valence electrons. The molecule has 6 heteroatoms. The summed E-state index contributed by atoms with van der Waals surface area (Å²) in [4.78, 5) is 0. The van der Waals surface area contributed by atoms with Crippen molar-refractivity contribution in [2.24, 2.45) is 0 Å². The molecule has 0 fully saturated rings. The molecule has 0 rings (SSSR count). The van der Waals surface area contributed by atoms with Gasteiger partial charge in [0.1, 0.15) is 0 Å². The molecule has 0 saturated heterocycles. The van der Waals surface area contributed by atoms with Crippen LogP contribution in [0.2, 0.25) is 0 Å². The van der Waals surface area contributed by atoms with E-state index in [1.165, 1.54) is 0 Å². The lowest BCUT2D eigenvalue weighted by Gasteiger charge is -1.86. The van der Waals surface area contributed by atoms with E-state index in [4.69, 9.17) is 4.74 Å². The molecule has 0 radical (unpaired) electrons. The highest BCUT2D eigenvalue weighted by molar-refractivity contribution is 4.07. The number of rotatable bonds is 2. The van der Waals surface area contributed by atoms with Gasteiger partial charge in [-0.3, -0.25) is 0 Å². The first-order valence-corrected chi connectivity index (χ1v) is 1.99. The molecule has 0 atom stereocenters. The van der Waals surface area contributed by atoms with Gasteiger partial charge in [0.05, 0.1) is 0 Å². The lowest BCUT2D eigenvalue weighted by molar-refractivity contribution is 0.162. The van der Waals surface area contributed by atoms with Gasteiger partial charge in [-0.15, -0.1) is 0 Å². The molecule has 0 unspecified atom stereocenters. The molecule has 0 heterocycles. The third-order valence-electron chi connectivity index (χ3n) is 0.408. The summed E-state index contributed by atoms with van der Waals surface area (Å²) in [6, 6.07) is 0. The molecule has 0 aliphatic carbocycles. The first-order chi connectivity index (χ1) is 2.41. The Hall–Kier alpha value is -0.240. The topological polar surface area (TPSA) is 167 Å². The Kier molecular flexibility index (Phi) is 367. The molecular formula is C4H20O6. The van der Waals surface area contributed by atoms with Gasteiger partial charge < -0.3 is 32.1 Å². The lowest BCUT2D eigenvalue weighted by Crippen LogP contribution is -1.84. The molecule has 10 N–H and O–H groups in total. The minimum Gasteiger partial charge on any atom is -0.412 e. The highest BCUT2D eigenvalue weighted by atomic mass is 16.5. The maximum atomic E-state index is 4.83. The molecule has 10 heavy (non-hydrogen) atoms. The van der Waals surface area contributed by atoms with E-state index in [0.29, 0.717) is 0 Å². The van der Waals surface area contributed by atoms with Crippen LogP contribution in [0.4, 0.5) is 0 Å². The summed E-state index contributed by atoms with van der Waals surface area (Å²) in [5.41, 5.74) is 0. The van der Waals surface area contributed by atoms with Crippen molar-refractivity contribution in [3.63, 3.8) is 0 Å². The van der Waals surface area contributed by atoms with Crippen molar-refractivity contribution in [3.05, 3.63) is 0 Å². The third-order valence-corrected chi connectivity index (χ3v) is 0.408. The van der Waals surface area contributed by atoms with Crippen molar-refractivity contribution in [2.45, 2.75) is 13.8 Å². The minimum absolute atomic E-state index is 0. The Balaban J connectivity index is -0.00000000800. The van der Waals surface area contributed by atoms with Crippen LogP contribution in [-0.2, 0) is 4.74 Å². The van der Waals surface area contributed by atoms with E-state index < -0.39 is 0 Å². The molecule has 6 nitrogen and oxygen atoms in total. The standard InChI is InChI=1S/C4H10O.5H2O/c1-3-5-4-2;;;;;/h3-4H2,1-2H3;5*1H2. The van der Waals surface area contributed by atoms with Gasteiger partial charge in [-0.2, -0.15) is 0 Å². The van der Waals surface area contributed by atoms with E-state index in [1.807, 2.05) is 13.8 Å². The molecule has 0 saturated carbocycles. The van der Waals surface area contributed by atoms with Gasteiger partial charge in [-0.25, -0.2) is 0 Å². The first-order valence-electron chi connectivity index (χ1n) is 1.99. The maximum Gasteiger partial charge on any atom is 0.0437 e. The van der Waals surface area contributed by atoms with Crippen LogP contribution in [0.25, 0.3) is 0 Å². The van der Waals surface area contributed by atoms with Gasteiger partial charge in [0.25, 0.3) is 0 Å². The zero-order valence-electron chi connectivity index (χ0n) is 6.32. The predicted octanol–water partition coefficient (Wildman–Crippen LogP) is -3.08. The fraction of sp³-hybridized carbons (Fsp3) is 1.00. The van der Waals surface area contributed by atoms with Crippen molar-refractivity contribution in [1.29, 1.82) is 0 Å². The molecule has 0 aliphatic rings. The van der Waals surface area contributed by atoms with Gasteiger partial charge in [-0.05, 0) is 13.8 Å². The van der Waals surface area contributed by atoms with E-state index in [2.05, 4.69) is 0 Å². The van der Waals surface area contributed by atoms with Crippen molar-refractivity contribution in [3.8, 4) is 0 Å². The number of ether oxygens (including phenoxy) is 1. The summed E-state index contributed by atoms with van der Waals surface area (Å²) in [5.74, 6) is 0. The Morgan fingerprint density at radius 2 is 0.900 bits per heavy atom. The van der Waals surface area contributed by atoms with Gasteiger partial charge >= 0.3 is 0 Å². The summed E-state index contributed by atoms with van der Waals surface area (Å²) in [7, 11) is 0. The monoisotopic (exact) mass is 164 g/mol. The van der Waals surface area contributed by atoms with Gasteiger partial charge in [0, 0.05) is 13.2 Å². The lowest BCUT2D eigenvalue weighted by atomic mass is 10.8. The smallest absolute Gasteiger partial charge is 0.0437 e. The van der Waals surface area contributed by atoms with Crippen LogP contribution in [0.15, 0.2) is 0 Å². The number of hydrogen-bond acceptors (Lipinski definition) is 1. The normalized spacial score (nSPS) is 4.20. The highest BCUT2D eigenvalue weighted by Gasteiger charge is 1.64. The average molecular weight is 164 g/mol.